The maximum absolute atomic E-state index is 12.3. The van der Waals surface area contributed by atoms with Crippen LogP contribution in [0.5, 0.6) is 11.5 Å². The number of halogens is 1. The zero-order valence-electron chi connectivity index (χ0n) is 13.8. The first-order chi connectivity index (χ1) is 11.6. The standard InChI is InChI=1S/C18H21IN2O3/c1-3-23-13-9-10-17(24-4-2)16(11-13)21-18(22)12-20-15-8-6-5-7-14(15)19/h5-11,20H,3-4,12H2,1-2H3,(H,21,22). The molecule has 6 heteroatoms. The number of hydrogen-bond acceptors (Lipinski definition) is 4. The molecule has 0 fully saturated rings. The second kappa shape index (κ2) is 9.36. The van der Waals surface area contributed by atoms with E-state index < -0.39 is 0 Å². The van der Waals surface area contributed by atoms with E-state index in [0.717, 1.165) is 9.26 Å². The van der Waals surface area contributed by atoms with Gasteiger partial charge in [0.2, 0.25) is 5.91 Å². The van der Waals surface area contributed by atoms with Gasteiger partial charge in [-0.15, -0.1) is 0 Å². The average molecular weight is 440 g/mol. The van der Waals surface area contributed by atoms with Gasteiger partial charge in [-0.3, -0.25) is 4.79 Å². The number of para-hydroxylation sites is 1. The molecule has 0 saturated heterocycles. The number of carbonyl (C=O) groups excluding carboxylic acids is 1. The summed E-state index contributed by atoms with van der Waals surface area (Å²) < 4.78 is 12.1. The lowest BCUT2D eigenvalue weighted by Gasteiger charge is -2.14. The fraction of sp³-hybridized carbons (Fsp3) is 0.278. The van der Waals surface area contributed by atoms with Crippen molar-refractivity contribution in [3.05, 3.63) is 46.0 Å². The van der Waals surface area contributed by atoms with Crippen LogP contribution in [0.4, 0.5) is 11.4 Å². The molecule has 1 amide bonds. The van der Waals surface area contributed by atoms with E-state index in [1.165, 1.54) is 0 Å². The van der Waals surface area contributed by atoms with Crippen LogP contribution in [0.1, 0.15) is 13.8 Å². The van der Waals surface area contributed by atoms with E-state index in [-0.39, 0.29) is 12.5 Å². The molecule has 0 saturated carbocycles. The van der Waals surface area contributed by atoms with Gasteiger partial charge in [0.1, 0.15) is 11.5 Å². The first-order valence-corrected chi connectivity index (χ1v) is 8.89. The maximum Gasteiger partial charge on any atom is 0.243 e. The van der Waals surface area contributed by atoms with Crippen LogP contribution in [0, 0.1) is 3.57 Å². The van der Waals surface area contributed by atoms with Crippen molar-refractivity contribution in [3.8, 4) is 11.5 Å². The molecule has 0 atom stereocenters. The second-order valence-corrected chi connectivity index (χ2v) is 6.07. The van der Waals surface area contributed by atoms with Crippen molar-refractivity contribution in [2.75, 3.05) is 30.4 Å². The van der Waals surface area contributed by atoms with Crippen molar-refractivity contribution in [1.29, 1.82) is 0 Å². The minimum atomic E-state index is -0.149. The predicted octanol–water partition coefficient (Wildman–Crippen LogP) is 4.14. The normalized spacial score (nSPS) is 10.1. The van der Waals surface area contributed by atoms with Gasteiger partial charge in [0.15, 0.2) is 0 Å². The summed E-state index contributed by atoms with van der Waals surface area (Å²) in [5.74, 6) is 1.18. The Morgan fingerprint density at radius 2 is 1.79 bits per heavy atom. The van der Waals surface area contributed by atoms with Gasteiger partial charge in [-0.05, 0) is 60.7 Å². The smallest absolute Gasteiger partial charge is 0.243 e. The van der Waals surface area contributed by atoms with E-state index >= 15 is 0 Å². The Balaban J connectivity index is 2.04. The summed E-state index contributed by atoms with van der Waals surface area (Å²) >= 11 is 2.23. The number of amides is 1. The van der Waals surface area contributed by atoms with Gasteiger partial charge in [-0.25, -0.2) is 0 Å². The highest BCUT2D eigenvalue weighted by molar-refractivity contribution is 14.1. The number of benzene rings is 2. The molecule has 0 bridgehead atoms. The lowest BCUT2D eigenvalue weighted by Crippen LogP contribution is -2.22. The van der Waals surface area contributed by atoms with E-state index in [0.29, 0.717) is 30.4 Å². The molecule has 2 aromatic carbocycles. The van der Waals surface area contributed by atoms with Crippen molar-refractivity contribution in [2.24, 2.45) is 0 Å². The zero-order valence-corrected chi connectivity index (χ0v) is 15.9. The van der Waals surface area contributed by atoms with Gasteiger partial charge in [-0.1, -0.05) is 12.1 Å². The molecule has 2 aromatic rings. The van der Waals surface area contributed by atoms with Crippen LogP contribution in [0.2, 0.25) is 0 Å². The third-order valence-electron chi connectivity index (χ3n) is 3.15. The highest BCUT2D eigenvalue weighted by Gasteiger charge is 2.10. The van der Waals surface area contributed by atoms with E-state index in [1.54, 1.807) is 12.1 Å². The number of ether oxygens (including phenoxy) is 2. The van der Waals surface area contributed by atoms with Gasteiger partial charge < -0.3 is 20.1 Å². The highest BCUT2D eigenvalue weighted by atomic mass is 127. The van der Waals surface area contributed by atoms with Gasteiger partial charge in [0.25, 0.3) is 0 Å². The zero-order chi connectivity index (χ0) is 17.4. The van der Waals surface area contributed by atoms with Gasteiger partial charge in [-0.2, -0.15) is 0 Å². The Bertz CT molecular complexity index is 692. The van der Waals surface area contributed by atoms with Crippen molar-refractivity contribution in [3.63, 3.8) is 0 Å². The molecule has 0 aromatic heterocycles. The fourth-order valence-electron chi connectivity index (χ4n) is 2.12. The monoisotopic (exact) mass is 440 g/mol. The van der Waals surface area contributed by atoms with E-state index in [4.69, 9.17) is 9.47 Å². The molecule has 0 aliphatic heterocycles. The Morgan fingerprint density at radius 3 is 2.50 bits per heavy atom. The summed E-state index contributed by atoms with van der Waals surface area (Å²) in [6, 6.07) is 13.2. The molecule has 24 heavy (non-hydrogen) atoms. The van der Waals surface area contributed by atoms with Crippen molar-refractivity contribution < 1.29 is 14.3 Å². The third-order valence-corrected chi connectivity index (χ3v) is 4.09. The molecular weight excluding hydrogens is 419 g/mol. The van der Waals surface area contributed by atoms with E-state index in [2.05, 4.69) is 33.2 Å². The summed E-state index contributed by atoms with van der Waals surface area (Å²) in [6.07, 6.45) is 0. The summed E-state index contributed by atoms with van der Waals surface area (Å²) in [5, 5.41) is 6.01. The maximum atomic E-state index is 12.3. The number of carbonyl (C=O) groups is 1. The van der Waals surface area contributed by atoms with Crippen LogP contribution < -0.4 is 20.1 Å². The largest absolute Gasteiger partial charge is 0.494 e. The first-order valence-electron chi connectivity index (χ1n) is 7.82. The number of nitrogens with one attached hydrogen (secondary N) is 2. The molecule has 0 unspecified atom stereocenters. The number of rotatable bonds is 8. The molecule has 0 spiro atoms. The molecule has 5 nitrogen and oxygen atoms in total. The minimum Gasteiger partial charge on any atom is -0.494 e. The van der Waals surface area contributed by atoms with Gasteiger partial charge >= 0.3 is 0 Å². The third kappa shape index (κ3) is 5.30. The molecule has 2 rings (SSSR count). The van der Waals surface area contributed by atoms with Gasteiger partial charge in [0, 0.05) is 15.3 Å². The summed E-state index contributed by atoms with van der Waals surface area (Å²) in [4.78, 5) is 12.3. The molecular formula is C18H21IN2O3. The topological polar surface area (TPSA) is 59.6 Å². The van der Waals surface area contributed by atoms with Crippen LogP contribution in [0.25, 0.3) is 0 Å². The highest BCUT2D eigenvalue weighted by Crippen LogP contribution is 2.29. The van der Waals surface area contributed by atoms with Gasteiger partial charge in [0.05, 0.1) is 25.4 Å². The van der Waals surface area contributed by atoms with Crippen molar-refractivity contribution in [2.45, 2.75) is 13.8 Å². The molecule has 0 aliphatic carbocycles. The lowest BCUT2D eigenvalue weighted by atomic mass is 10.2. The Hall–Kier alpha value is -1.96. The Morgan fingerprint density at radius 1 is 1.04 bits per heavy atom. The number of anilines is 2. The second-order valence-electron chi connectivity index (χ2n) is 4.91. The number of hydrogen-bond donors (Lipinski definition) is 2. The van der Waals surface area contributed by atoms with Crippen LogP contribution in [0.3, 0.4) is 0 Å². The van der Waals surface area contributed by atoms with Crippen molar-refractivity contribution in [1.82, 2.24) is 0 Å². The van der Waals surface area contributed by atoms with Crippen LogP contribution in [-0.2, 0) is 4.79 Å². The van der Waals surface area contributed by atoms with E-state index in [9.17, 15) is 4.79 Å². The summed E-state index contributed by atoms with van der Waals surface area (Å²) in [6.45, 7) is 5.08. The molecule has 128 valence electrons. The summed E-state index contributed by atoms with van der Waals surface area (Å²) in [5.41, 5.74) is 1.54. The van der Waals surface area contributed by atoms with Crippen LogP contribution in [-0.4, -0.2) is 25.7 Å². The van der Waals surface area contributed by atoms with E-state index in [1.807, 2.05) is 44.2 Å². The first kappa shape index (κ1) is 18.4. The molecule has 0 radical (unpaired) electrons. The Labute approximate surface area is 155 Å². The fourth-order valence-corrected chi connectivity index (χ4v) is 2.70. The van der Waals surface area contributed by atoms with Crippen LogP contribution in [0.15, 0.2) is 42.5 Å². The summed E-state index contributed by atoms with van der Waals surface area (Å²) in [7, 11) is 0. The SMILES string of the molecule is CCOc1ccc(OCC)c(NC(=O)CNc2ccccc2I)c1. The molecule has 2 N–H and O–H groups in total. The Kier molecular flexibility index (Phi) is 7.17. The lowest BCUT2D eigenvalue weighted by molar-refractivity contribution is -0.114. The van der Waals surface area contributed by atoms with Crippen molar-refractivity contribution >= 4 is 39.9 Å². The molecule has 0 heterocycles. The van der Waals surface area contributed by atoms with Crippen LogP contribution >= 0.6 is 22.6 Å². The minimum absolute atomic E-state index is 0.149. The molecule has 0 aliphatic rings. The average Bonchev–Trinajstić information content (AvgIpc) is 2.57. The predicted molar refractivity (Wildman–Crippen MR) is 105 cm³/mol. The quantitative estimate of drug-likeness (QED) is 0.606.